The fourth-order valence-electron chi connectivity index (χ4n) is 2.00. The molecule has 0 radical (unpaired) electrons. The summed E-state index contributed by atoms with van der Waals surface area (Å²) in [7, 11) is 0. The van der Waals surface area contributed by atoms with Crippen LogP contribution in [0.15, 0.2) is 47.6 Å². The first-order valence-electron chi connectivity index (χ1n) is 7.22. The van der Waals surface area contributed by atoms with Crippen LogP contribution in [0.25, 0.3) is 0 Å². The third-order valence-electron chi connectivity index (χ3n) is 3.20. The van der Waals surface area contributed by atoms with Gasteiger partial charge in [0.15, 0.2) is 6.61 Å². The number of hydrogen-bond acceptors (Lipinski definition) is 5. The second kappa shape index (κ2) is 7.87. The van der Waals surface area contributed by atoms with Crippen molar-refractivity contribution in [3.8, 4) is 5.75 Å². The molecule has 0 heterocycles. The Morgan fingerprint density at radius 1 is 1.25 bits per heavy atom. The number of carbonyl (C=O) groups excluding carboxylic acids is 1. The number of non-ortho nitro benzene ring substituents is 1. The normalized spacial score (nSPS) is 10.6. The number of ether oxygens (including phenoxy) is 1. The summed E-state index contributed by atoms with van der Waals surface area (Å²) in [4.78, 5) is 21.8. The molecule has 24 heavy (non-hydrogen) atoms. The zero-order valence-corrected chi connectivity index (χ0v) is 13.4. The molecule has 1 N–H and O–H groups in total. The molecule has 0 aliphatic heterocycles. The zero-order chi connectivity index (χ0) is 17.5. The molecule has 0 spiro atoms. The Labute approximate surface area is 139 Å². The van der Waals surface area contributed by atoms with E-state index in [0.717, 1.165) is 11.1 Å². The van der Waals surface area contributed by atoms with Crippen LogP contribution >= 0.6 is 0 Å². The maximum absolute atomic E-state index is 11.7. The van der Waals surface area contributed by atoms with E-state index >= 15 is 0 Å². The predicted octanol–water partition coefficient (Wildman–Crippen LogP) is 2.74. The van der Waals surface area contributed by atoms with Gasteiger partial charge in [-0.05, 0) is 43.2 Å². The molecule has 2 rings (SSSR count). The number of amides is 1. The van der Waals surface area contributed by atoms with Crippen molar-refractivity contribution in [2.24, 2.45) is 5.10 Å². The highest BCUT2D eigenvalue weighted by molar-refractivity contribution is 5.83. The fourth-order valence-corrected chi connectivity index (χ4v) is 2.00. The van der Waals surface area contributed by atoms with E-state index in [-0.39, 0.29) is 12.3 Å². The van der Waals surface area contributed by atoms with E-state index in [9.17, 15) is 14.9 Å². The highest BCUT2D eigenvalue weighted by Crippen LogP contribution is 2.18. The summed E-state index contributed by atoms with van der Waals surface area (Å²) < 4.78 is 5.44. The minimum absolute atomic E-state index is 0.00180. The molecule has 0 aromatic heterocycles. The first kappa shape index (κ1) is 17.1. The smallest absolute Gasteiger partial charge is 0.277 e. The van der Waals surface area contributed by atoms with Gasteiger partial charge in [-0.2, -0.15) is 5.10 Å². The van der Waals surface area contributed by atoms with Crippen molar-refractivity contribution in [1.29, 1.82) is 0 Å². The standard InChI is InChI=1S/C17H17N3O4/c1-12-3-8-16(13(2)9-12)24-11-17(21)19-18-10-14-4-6-15(7-5-14)20(22)23/h3-10H,11H2,1-2H3,(H,19,21)/b18-10-. The lowest BCUT2D eigenvalue weighted by Crippen LogP contribution is -2.24. The third kappa shape index (κ3) is 4.91. The Hall–Kier alpha value is -3.22. The Kier molecular flexibility index (Phi) is 5.62. The molecule has 0 aliphatic carbocycles. The van der Waals surface area contributed by atoms with Crippen LogP contribution in [0.3, 0.4) is 0 Å². The number of nitro groups is 1. The molecule has 0 fully saturated rings. The number of nitrogens with one attached hydrogen (secondary N) is 1. The molecule has 0 unspecified atom stereocenters. The summed E-state index contributed by atoms with van der Waals surface area (Å²) >= 11 is 0. The summed E-state index contributed by atoms with van der Waals surface area (Å²) in [6, 6.07) is 11.5. The van der Waals surface area contributed by atoms with Gasteiger partial charge in [0, 0.05) is 12.1 Å². The van der Waals surface area contributed by atoms with Gasteiger partial charge >= 0.3 is 0 Å². The average molecular weight is 327 g/mol. The Bertz CT molecular complexity index is 770. The second-order valence-electron chi connectivity index (χ2n) is 5.20. The second-order valence-corrected chi connectivity index (χ2v) is 5.20. The number of aryl methyl sites for hydroxylation is 2. The van der Waals surface area contributed by atoms with E-state index in [1.807, 2.05) is 32.0 Å². The Morgan fingerprint density at radius 3 is 2.58 bits per heavy atom. The van der Waals surface area contributed by atoms with Gasteiger partial charge in [-0.3, -0.25) is 14.9 Å². The lowest BCUT2D eigenvalue weighted by Gasteiger charge is -2.08. The van der Waals surface area contributed by atoms with Gasteiger partial charge in [0.1, 0.15) is 5.75 Å². The summed E-state index contributed by atoms with van der Waals surface area (Å²) in [5.41, 5.74) is 5.05. The van der Waals surface area contributed by atoms with E-state index in [1.165, 1.54) is 18.3 Å². The molecule has 1 amide bonds. The van der Waals surface area contributed by atoms with Gasteiger partial charge in [0.05, 0.1) is 11.1 Å². The molecule has 2 aromatic carbocycles. The van der Waals surface area contributed by atoms with Crippen molar-refractivity contribution in [3.05, 3.63) is 69.3 Å². The maximum Gasteiger partial charge on any atom is 0.277 e. The quantitative estimate of drug-likeness (QED) is 0.501. The van der Waals surface area contributed by atoms with Crippen LogP contribution in [0.4, 0.5) is 5.69 Å². The van der Waals surface area contributed by atoms with E-state index in [2.05, 4.69) is 10.5 Å². The lowest BCUT2D eigenvalue weighted by molar-refractivity contribution is -0.384. The number of hydrazone groups is 1. The van der Waals surface area contributed by atoms with Crippen LogP contribution in [-0.2, 0) is 4.79 Å². The molecule has 2 aromatic rings. The van der Waals surface area contributed by atoms with Crippen molar-refractivity contribution in [2.75, 3.05) is 6.61 Å². The van der Waals surface area contributed by atoms with Crippen LogP contribution < -0.4 is 10.2 Å². The predicted molar refractivity (Wildman–Crippen MR) is 90.2 cm³/mol. The summed E-state index contributed by atoms with van der Waals surface area (Å²) in [6.07, 6.45) is 1.40. The Balaban J connectivity index is 1.83. The van der Waals surface area contributed by atoms with Gasteiger partial charge in [-0.1, -0.05) is 17.7 Å². The lowest BCUT2D eigenvalue weighted by atomic mass is 10.1. The number of benzene rings is 2. The molecule has 0 atom stereocenters. The molecule has 7 heteroatoms. The van der Waals surface area contributed by atoms with Crippen LogP contribution in [0.1, 0.15) is 16.7 Å². The summed E-state index contributed by atoms with van der Waals surface area (Å²) in [5.74, 6) is 0.253. The molecular weight excluding hydrogens is 310 g/mol. The van der Waals surface area contributed by atoms with E-state index < -0.39 is 10.8 Å². The first-order chi connectivity index (χ1) is 11.5. The van der Waals surface area contributed by atoms with Gasteiger partial charge in [-0.25, -0.2) is 5.43 Å². The van der Waals surface area contributed by atoms with Crippen molar-refractivity contribution < 1.29 is 14.5 Å². The van der Waals surface area contributed by atoms with Crippen molar-refractivity contribution in [3.63, 3.8) is 0 Å². The number of nitrogens with zero attached hydrogens (tertiary/aromatic N) is 2. The third-order valence-corrected chi connectivity index (χ3v) is 3.20. The minimum atomic E-state index is -0.479. The van der Waals surface area contributed by atoms with Gasteiger partial charge < -0.3 is 4.74 Å². The summed E-state index contributed by atoms with van der Waals surface area (Å²) in [6.45, 7) is 3.74. The number of nitro benzene ring substituents is 1. The monoisotopic (exact) mass is 327 g/mol. The van der Waals surface area contributed by atoms with E-state index in [1.54, 1.807) is 12.1 Å². The molecular formula is C17H17N3O4. The highest BCUT2D eigenvalue weighted by Gasteiger charge is 2.05. The minimum Gasteiger partial charge on any atom is -0.483 e. The summed E-state index contributed by atoms with van der Waals surface area (Å²) in [5, 5.41) is 14.3. The molecule has 124 valence electrons. The topological polar surface area (TPSA) is 93.8 Å². The van der Waals surface area contributed by atoms with Gasteiger partial charge in [0.25, 0.3) is 11.6 Å². The molecule has 0 aliphatic rings. The SMILES string of the molecule is Cc1ccc(OCC(=O)N/N=C\c2ccc([N+](=O)[O-])cc2)c(C)c1. The fraction of sp³-hybridized carbons (Fsp3) is 0.176. The number of hydrogen-bond donors (Lipinski definition) is 1. The van der Waals surface area contributed by atoms with Crippen LogP contribution in [-0.4, -0.2) is 23.7 Å². The van der Waals surface area contributed by atoms with Gasteiger partial charge in [0.2, 0.25) is 0 Å². The maximum atomic E-state index is 11.7. The van der Waals surface area contributed by atoms with Crippen LogP contribution in [0, 0.1) is 24.0 Å². The highest BCUT2D eigenvalue weighted by atomic mass is 16.6. The molecule has 0 saturated heterocycles. The van der Waals surface area contributed by atoms with Crippen molar-refractivity contribution in [2.45, 2.75) is 13.8 Å². The molecule has 0 bridgehead atoms. The number of carbonyl (C=O) groups is 1. The van der Waals surface area contributed by atoms with Crippen molar-refractivity contribution in [1.82, 2.24) is 5.43 Å². The van der Waals surface area contributed by atoms with E-state index in [0.29, 0.717) is 11.3 Å². The first-order valence-corrected chi connectivity index (χ1v) is 7.22. The number of rotatable bonds is 6. The average Bonchev–Trinajstić information content (AvgIpc) is 2.54. The van der Waals surface area contributed by atoms with E-state index in [4.69, 9.17) is 4.74 Å². The van der Waals surface area contributed by atoms with Crippen LogP contribution in [0.2, 0.25) is 0 Å². The largest absolute Gasteiger partial charge is 0.483 e. The Morgan fingerprint density at radius 2 is 1.96 bits per heavy atom. The molecule has 7 nitrogen and oxygen atoms in total. The zero-order valence-electron chi connectivity index (χ0n) is 13.4. The van der Waals surface area contributed by atoms with Crippen LogP contribution in [0.5, 0.6) is 5.75 Å². The molecule has 0 saturated carbocycles. The van der Waals surface area contributed by atoms with Crippen molar-refractivity contribution >= 4 is 17.8 Å². The van der Waals surface area contributed by atoms with Gasteiger partial charge in [-0.15, -0.1) is 0 Å².